The number of carbonyl (C=O) groups is 4. The van der Waals surface area contributed by atoms with Gasteiger partial charge in [0.1, 0.15) is 11.5 Å². The lowest BCUT2D eigenvalue weighted by Crippen LogP contribution is -2.42. The van der Waals surface area contributed by atoms with E-state index in [4.69, 9.17) is 0 Å². The first-order valence-electron chi connectivity index (χ1n) is 8.14. The Labute approximate surface area is 177 Å². The minimum atomic E-state index is -1.03. The normalized spacial score (nSPS) is 10.2. The first-order chi connectivity index (χ1) is 13.2. The third-order valence-corrected chi connectivity index (χ3v) is 4.65. The van der Waals surface area contributed by atoms with E-state index in [-0.39, 0.29) is 36.4 Å². The predicted molar refractivity (Wildman–Crippen MR) is 109 cm³/mol. The molecule has 0 aliphatic rings. The predicted octanol–water partition coefficient (Wildman–Crippen LogP) is 3.48. The van der Waals surface area contributed by atoms with E-state index in [1.165, 1.54) is 18.2 Å². The first kappa shape index (κ1) is 21.8. The Morgan fingerprint density at radius 2 is 1.50 bits per heavy atom. The molecule has 0 atom stereocenters. The summed E-state index contributed by atoms with van der Waals surface area (Å²) in [6.07, 6.45) is -0.0257. The van der Waals surface area contributed by atoms with E-state index in [2.05, 4.69) is 31.9 Å². The number of nitrogens with one attached hydrogen (secondary N) is 2. The van der Waals surface area contributed by atoms with E-state index in [0.717, 1.165) is 10.0 Å². The zero-order chi connectivity index (χ0) is 20.7. The molecule has 9 heteroatoms. The second kappa shape index (κ2) is 10.1. The smallest absolute Gasteiger partial charge is 0.328 e. The highest BCUT2D eigenvalue weighted by Crippen LogP contribution is 2.21. The number of amides is 4. The average Bonchev–Trinajstić information content (AvgIpc) is 2.63. The number of halogens is 2. The second-order valence-electron chi connectivity index (χ2n) is 5.83. The lowest BCUT2D eigenvalue weighted by atomic mass is 10.1. The van der Waals surface area contributed by atoms with Crippen LogP contribution < -0.4 is 10.6 Å². The summed E-state index contributed by atoms with van der Waals surface area (Å²) in [6, 6.07) is 10.4. The Hall–Kier alpha value is -2.52. The van der Waals surface area contributed by atoms with Crippen molar-refractivity contribution >= 4 is 55.5 Å². The van der Waals surface area contributed by atoms with Gasteiger partial charge in [-0.3, -0.25) is 25.0 Å². The number of ketones is 1. The molecule has 3 N–H and O–H groups in total. The van der Waals surface area contributed by atoms with Crippen molar-refractivity contribution in [3.8, 4) is 5.75 Å². The molecule has 2 aromatic rings. The summed E-state index contributed by atoms with van der Waals surface area (Å²) in [5.74, 6) is -2.00. The molecule has 28 heavy (non-hydrogen) atoms. The van der Waals surface area contributed by atoms with Crippen LogP contribution >= 0.6 is 31.9 Å². The van der Waals surface area contributed by atoms with Crippen LogP contribution in [0.4, 0.5) is 4.79 Å². The fourth-order valence-electron chi connectivity index (χ4n) is 2.25. The Bertz CT molecular complexity index is 913. The molecule has 2 aromatic carbocycles. The van der Waals surface area contributed by atoms with Crippen molar-refractivity contribution in [2.24, 2.45) is 0 Å². The SMILES string of the molecule is O=C(CCC(=O)NC(=O)NC(=O)c1cc(Br)ccc1O)Cc1ccc(Br)cc1. The summed E-state index contributed by atoms with van der Waals surface area (Å²) in [5, 5.41) is 13.6. The highest BCUT2D eigenvalue weighted by atomic mass is 79.9. The van der Waals surface area contributed by atoms with Crippen molar-refractivity contribution in [3.63, 3.8) is 0 Å². The molecule has 0 aromatic heterocycles. The van der Waals surface area contributed by atoms with Crippen LogP contribution in [0.5, 0.6) is 5.75 Å². The van der Waals surface area contributed by atoms with Crippen LogP contribution in [0.15, 0.2) is 51.4 Å². The van der Waals surface area contributed by atoms with Gasteiger partial charge in [-0.2, -0.15) is 0 Å². The van der Waals surface area contributed by atoms with Crippen molar-refractivity contribution in [3.05, 3.63) is 62.5 Å². The Kier molecular flexibility index (Phi) is 7.89. The zero-order valence-corrected chi connectivity index (χ0v) is 17.7. The number of Topliss-reactive ketones (excluding diaryl/α,β-unsaturated/α-hetero) is 1. The highest BCUT2D eigenvalue weighted by Gasteiger charge is 2.17. The number of phenols is 1. The maximum absolute atomic E-state index is 12.0. The van der Waals surface area contributed by atoms with Crippen molar-refractivity contribution in [2.45, 2.75) is 19.3 Å². The fourth-order valence-corrected chi connectivity index (χ4v) is 2.88. The molecular formula is C19H16Br2N2O5. The van der Waals surface area contributed by atoms with Crippen molar-refractivity contribution in [1.82, 2.24) is 10.6 Å². The summed E-state index contributed by atoms with van der Waals surface area (Å²) in [7, 11) is 0. The van der Waals surface area contributed by atoms with Gasteiger partial charge >= 0.3 is 6.03 Å². The minimum Gasteiger partial charge on any atom is -0.507 e. The molecule has 0 aliphatic heterocycles. The lowest BCUT2D eigenvalue weighted by Gasteiger charge is -2.07. The van der Waals surface area contributed by atoms with Crippen LogP contribution in [0.1, 0.15) is 28.8 Å². The molecule has 0 aliphatic carbocycles. The number of carbonyl (C=O) groups excluding carboxylic acids is 4. The number of benzene rings is 2. The summed E-state index contributed by atoms with van der Waals surface area (Å²) in [6.45, 7) is 0. The van der Waals surface area contributed by atoms with Gasteiger partial charge in [0.25, 0.3) is 5.91 Å². The van der Waals surface area contributed by atoms with Crippen LogP contribution in [-0.2, 0) is 16.0 Å². The van der Waals surface area contributed by atoms with Crippen molar-refractivity contribution in [2.75, 3.05) is 0 Å². The molecule has 0 fully saturated rings. The van der Waals surface area contributed by atoms with Crippen LogP contribution in [0.3, 0.4) is 0 Å². The molecule has 0 saturated heterocycles. The summed E-state index contributed by atoms with van der Waals surface area (Å²) in [5.41, 5.74) is 0.701. The monoisotopic (exact) mass is 510 g/mol. The number of aromatic hydroxyl groups is 1. The van der Waals surface area contributed by atoms with Gasteiger partial charge in [0.05, 0.1) is 5.56 Å². The number of imide groups is 2. The van der Waals surface area contributed by atoms with E-state index in [1.807, 2.05) is 22.8 Å². The van der Waals surface area contributed by atoms with E-state index >= 15 is 0 Å². The molecule has 4 amide bonds. The maximum Gasteiger partial charge on any atom is 0.328 e. The number of hydrogen-bond donors (Lipinski definition) is 3. The number of urea groups is 1. The van der Waals surface area contributed by atoms with Crippen LogP contribution in [0.25, 0.3) is 0 Å². The Balaban J connectivity index is 1.78. The van der Waals surface area contributed by atoms with Gasteiger partial charge < -0.3 is 5.11 Å². The highest BCUT2D eigenvalue weighted by molar-refractivity contribution is 9.10. The molecular weight excluding hydrogens is 496 g/mol. The molecule has 0 heterocycles. The van der Waals surface area contributed by atoms with Gasteiger partial charge in [0.2, 0.25) is 5.91 Å². The maximum atomic E-state index is 12.0. The van der Waals surface area contributed by atoms with Gasteiger partial charge in [-0.05, 0) is 35.9 Å². The fraction of sp³-hybridized carbons (Fsp3) is 0.158. The largest absolute Gasteiger partial charge is 0.507 e. The summed E-state index contributed by atoms with van der Waals surface area (Å²) < 4.78 is 1.44. The number of phenolic OH excluding ortho intramolecular Hbond substituents is 1. The summed E-state index contributed by atoms with van der Waals surface area (Å²) >= 11 is 6.46. The third-order valence-electron chi connectivity index (χ3n) is 3.63. The summed E-state index contributed by atoms with van der Waals surface area (Å²) in [4.78, 5) is 47.5. The van der Waals surface area contributed by atoms with Gasteiger partial charge in [-0.1, -0.05) is 44.0 Å². The van der Waals surface area contributed by atoms with Crippen LogP contribution in [0.2, 0.25) is 0 Å². The molecule has 7 nitrogen and oxygen atoms in total. The van der Waals surface area contributed by atoms with E-state index in [1.54, 1.807) is 12.1 Å². The molecule has 146 valence electrons. The van der Waals surface area contributed by atoms with Gasteiger partial charge in [-0.25, -0.2) is 4.79 Å². The molecule has 0 spiro atoms. The van der Waals surface area contributed by atoms with E-state index < -0.39 is 17.8 Å². The topological polar surface area (TPSA) is 113 Å². The molecule has 0 unspecified atom stereocenters. The van der Waals surface area contributed by atoms with E-state index in [0.29, 0.717) is 4.47 Å². The Morgan fingerprint density at radius 3 is 2.18 bits per heavy atom. The van der Waals surface area contributed by atoms with Gasteiger partial charge in [0.15, 0.2) is 0 Å². The molecule has 0 saturated carbocycles. The number of rotatable bonds is 6. The zero-order valence-electron chi connectivity index (χ0n) is 14.5. The molecule has 0 bridgehead atoms. The van der Waals surface area contributed by atoms with Gasteiger partial charge in [0, 0.05) is 28.2 Å². The minimum absolute atomic E-state index is 0.0322. The third kappa shape index (κ3) is 6.90. The first-order valence-corrected chi connectivity index (χ1v) is 9.73. The van der Waals surface area contributed by atoms with E-state index in [9.17, 15) is 24.3 Å². The van der Waals surface area contributed by atoms with Gasteiger partial charge in [-0.15, -0.1) is 0 Å². The second-order valence-corrected chi connectivity index (χ2v) is 7.67. The number of hydrogen-bond acceptors (Lipinski definition) is 5. The molecule has 2 rings (SSSR count). The van der Waals surface area contributed by atoms with Crippen molar-refractivity contribution in [1.29, 1.82) is 0 Å². The van der Waals surface area contributed by atoms with Crippen LogP contribution in [-0.4, -0.2) is 28.7 Å². The Morgan fingerprint density at radius 1 is 0.857 bits per heavy atom. The van der Waals surface area contributed by atoms with Crippen LogP contribution in [0, 0.1) is 0 Å². The quantitative estimate of drug-likeness (QED) is 0.549. The molecule has 0 radical (unpaired) electrons. The average molecular weight is 512 g/mol. The standard InChI is InChI=1S/C19H16Br2N2O5/c20-12-3-1-11(2-4-12)9-14(24)6-8-17(26)22-19(28)23-18(27)15-10-13(21)5-7-16(15)25/h1-5,7,10,25H,6,8-9H2,(H2,22,23,26,27,28). The van der Waals surface area contributed by atoms with Crippen molar-refractivity contribution < 1.29 is 24.3 Å². The lowest BCUT2D eigenvalue weighted by molar-refractivity contribution is -0.124.